The quantitative estimate of drug-likeness (QED) is 0.882. The summed E-state index contributed by atoms with van der Waals surface area (Å²) in [6.45, 7) is 3.50. The zero-order valence-electron chi connectivity index (χ0n) is 10.9. The van der Waals surface area contributed by atoms with Gasteiger partial charge in [0.1, 0.15) is 0 Å². The zero-order chi connectivity index (χ0) is 13.7. The second kappa shape index (κ2) is 5.95. The summed E-state index contributed by atoms with van der Waals surface area (Å²) in [4.78, 5) is 19.3. The van der Waals surface area contributed by atoms with Gasteiger partial charge in [0.25, 0.3) is 0 Å². The summed E-state index contributed by atoms with van der Waals surface area (Å²) < 4.78 is 0. The van der Waals surface area contributed by atoms with Crippen LogP contribution in [0.4, 0.5) is 11.4 Å². The van der Waals surface area contributed by atoms with Crippen molar-refractivity contribution in [2.24, 2.45) is 0 Å². The molecule has 1 aromatic heterocycles. The van der Waals surface area contributed by atoms with E-state index in [2.05, 4.69) is 20.6 Å². The molecule has 0 fully saturated rings. The predicted octanol–water partition coefficient (Wildman–Crippen LogP) is 2.61. The third kappa shape index (κ3) is 3.77. The fraction of sp³-hybridized carbons (Fsp3) is 0.214. The SMILES string of the molecule is CC(=O)Nc1cccc(NC(C)c2cnccn2)c1. The Morgan fingerprint density at radius 3 is 2.74 bits per heavy atom. The largest absolute Gasteiger partial charge is 0.377 e. The van der Waals surface area contributed by atoms with Crippen molar-refractivity contribution in [3.8, 4) is 0 Å². The highest BCUT2D eigenvalue weighted by Gasteiger charge is 2.07. The fourth-order valence-corrected chi connectivity index (χ4v) is 1.75. The number of anilines is 2. The first kappa shape index (κ1) is 13.0. The molecule has 0 aliphatic carbocycles. The lowest BCUT2D eigenvalue weighted by Crippen LogP contribution is -2.10. The molecular weight excluding hydrogens is 240 g/mol. The van der Waals surface area contributed by atoms with Crippen molar-refractivity contribution < 1.29 is 4.79 Å². The summed E-state index contributed by atoms with van der Waals surface area (Å²) in [5, 5.41) is 6.07. The molecule has 98 valence electrons. The average molecular weight is 256 g/mol. The number of nitrogens with zero attached hydrogens (tertiary/aromatic N) is 2. The lowest BCUT2D eigenvalue weighted by atomic mass is 10.2. The molecule has 0 saturated heterocycles. The Labute approximate surface area is 112 Å². The van der Waals surface area contributed by atoms with Gasteiger partial charge in [-0.2, -0.15) is 0 Å². The normalized spacial score (nSPS) is 11.7. The van der Waals surface area contributed by atoms with Crippen LogP contribution in [0.25, 0.3) is 0 Å². The van der Waals surface area contributed by atoms with Crippen molar-refractivity contribution in [1.82, 2.24) is 9.97 Å². The van der Waals surface area contributed by atoms with Crippen LogP contribution in [0.3, 0.4) is 0 Å². The van der Waals surface area contributed by atoms with E-state index in [1.54, 1.807) is 18.6 Å². The predicted molar refractivity (Wildman–Crippen MR) is 74.8 cm³/mol. The van der Waals surface area contributed by atoms with Gasteiger partial charge in [-0.05, 0) is 25.1 Å². The Morgan fingerprint density at radius 2 is 2.05 bits per heavy atom. The molecule has 2 rings (SSSR count). The van der Waals surface area contributed by atoms with Gasteiger partial charge in [0.05, 0.1) is 17.9 Å². The number of benzene rings is 1. The molecule has 0 aliphatic heterocycles. The summed E-state index contributed by atoms with van der Waals surface area (Å²) in [5.74, 6) is -0.0841. The van der Waals surface area contributed by atoms with Crippen LogP contribution in [0.15, 0.2) is 42.9 Å². The maximum atomic E-state index is 11.0. The van der Waals surface area contributed by atoms with Crippen molar-refractivity contribution in [3.05, 3.63) is 48.5 Å². The van der Waals surface area contributed by atoms with Gasteiger partial charge >= 0.3 is 0 Å². The smallest absolute Gasteiger partial charge is 0.221 e. The van der Waals surface area contributed by atoms with Crippen molar-refractivity contribution >= 4 is 17.3 Å². The van der Waals surface area contributed by atoms with E-state index < -0.39 is 0 Å². The van der Waals surface area contributed by atoms with Crippen LogP contribution in [-0.2, 0) is 4.79 Å². The molecule has 0 spiro atoms. The van der Waals surface area contributed by atoms with Crippen LogP contribution in [0.1, 0.15) is 25.6 Å². The molecule has 5 nitrogen and oxygen atoms in total. The van der Waals surface area contributed by atoms with Crippen molar-refractivity contribution in [2.75, 3.05) is 10.6 Å². The Bertz CT molecular complexity index is 556. The van der Waals surface area contributed by atoms with Gasteiger partial charge in [-0.25, -0.2) is 0 Å². The molecule has 1 unspecified atom stereocenters. The lowest BCUT2D eigenvalue weighted by molar-refractivity contribution is -0.114. The van der Waals surface area contributed by atoms with E-state index in [-0.39, 0.29) is 11.9 Å². The van der Waals surface area contributed by atoms with Crippen LogP contribution in [0.5, 0.6) is 0 Å². The Balaban J connectivity index is 2.08. The molecule has 0 bridgehead atoms. The zero-order valence-corrected chi connectivity index (χ0v) is 10.9. The molecule has 1 atom stereocenters. The van der Waals surface area contributed by atoms with Crippen molar-refractivity contribution in [3.63, 3.8) is 0 Å². The van der Waals surface area contributed by atoms with Crippen LogP contribution < -0.4 is 10.6 Å². The molecule has 0 saturated carbocycles. The number of rotatable bonds is 4. The topological polar surface area (TPSA) is 66.9 Å². The Hall–Kier alpha value is -2.43. The number of hydrogen-bond donors (Lipinski definition) is 2. The van der Waals surface area contributed by atoms with Gasteiger partial charge in [0.2, 0.25) is 5.91 Å². The van der Waals surface area contributed by atoms with Gasteiger partial charge in [-0.3, -0.25) is 14.8 Å². The monoisotopic (exact) mass is 256 g/mol. The van der Waals surface area contributed by atoms with E-state index in [1.807, 2.05) is 31.2 Å². The average Bonchev–Trinajstić information content (AvgIpc) is 2.39. The fourth-order valence-electron chi connectivity index (χ4n) is 1.75. The number of carbonyl (C=O) groups excluding carboxylic acids is 1. The Morgan fingerprint density at radius 1 is 1.26 bits per heavy atom. The minimum Gasteiger partial charge on any atom is -0.377 e. The molecule has 0 radical (unpaired) electrons. The highest BCUT2D eigenvalue weighted by atomic mass is 16.1. The molecule has 5 heteroatoms. The van der Waals surface area contributed by atoms with Gasteiger partial charge in [0, 0.05) is 30.7 Å². The maximum absolute atomic E-state index is 11.0. The van der Waals surface area contributed by atoms with Crippen LogP contribution >= 0.6 is 0 Å². The van der Waals surface area contributed by atoms with E-state index in [1.165, 1.54) is 6.92 Å². The van der Waals surface area contributed by atoms with E-state index >= 15 is 0 Å². The van der Waals surface area contributed by atoms with Gasteiger partial charge in [-0.15, -0.1) is 0 Å². The third-order valence-corrected chi connectivity index (χ3v) is 2.59. The molecule has 1 heterocycles. The summed E-state index contributed by atoms with van der Waals surface area (Å²) >= 11 is 0. The van der Waals surface area contributed by atoms with Crippen LogP contribution in [0.2, 0.25) is 0 Å². The molecule has 19 heavy (non-hydrogen) atoms. The number of hydrogen-bond acceptors (Lipinski definition) is 4. The molecule has 1 amide bonds. The van der Waals surface area contributed by atoms with E-state index in [9.17, 15) is 4.79 Å². The summed E-state index contributed by atoms with van der Waals surface area (Å²) in [6.07, 6.45) is 5.05. The molecule has 0 aliphatic rings. The van der Waals surface area contributed by atoms with Crippen molar-refractivity contribution in [1.29, 1.82) is 0 Å². The molecule has 2 N–H and O–H groups in total. The number of nitrogens with one attached hydrogen (secondary N) is 2. The summed E-state index contributed by atoms with van der Waals surface area (Å²) in [6, 6.07) is 7.60. The first-order chi connectivity index (χ1) is 9.15. The molecule has 1 aromatic carbocycles. The first-order valence-electron chi connectivity index (χ1n) is 6.05. The highest BCUT2D eigenvalue weighted by molar-refractivity contribution is 5.89. The summed E-state index contributed by atoms with van der Waals surface area (Å²) in [7, 11) is 0. The van der Waals surface area contributed by atoms with Crippen LogP contribution in [0, 0.1) is 0 Å². The lowest BCUT2D eigenvalue weighted by Gasteiger charge is -2.15. The second-order valence-electron chi connectivity index (χ2n) is 4.26. The Kier molecular flexibility index (Phi) is 4.07. The van der Waals surface area contributed by atoms with E-state index in [0.717, 1.165) is 17.1 Å². The third-order valence-electron chi connectivity index (χ3n) is 2.59. The highest BCUT2D eigenvalue weighted by Crippen LogP contribution is 2.20. The van der Waals surface area contributed by atoms with Gasteiger partial charge in [0.15, 0.2) is 0 Å². The first-order valence-corrected chi connectivity index (χ1v) is 6.05. The van der Waals surface area contributed by atoms with Gasteiger partial charge in [-0.1, -0.05) is 6.07 Å². The number of amides is 1. The number of carbonyl (C=O) groups is 1. The van der Waals surface area contributed by atoms with Gasteiger partial charge < -0.3 is 10.6 Å². The summed E-state index contributed by atoms with van der Waals surface area (Å²) in [5.41, 5.74) is 2.56. The molecule has 2 aromatic rings. The van der Waals surface area contributed by atoms with Crippen molar-refractivity contribution in [2.45, 2.75) is 19.9 Å². The minimum absolute atomic E-state index is 0.0429. The van der Waals surface area contributed by atoms with E-state index in [0.29, 0.717) is 0 Å². The van der Waals surface area contributed by atoms with E-state index in [4.69, 9.17) is 0 Å². The number of aromatic nitrogens is 2. The second-order valence-corrected chi connectivity index (χ2v) is 4.26. The maximum Gasteiger partial charge on any atom is 0.221 e. The van der Waals surface area contributed by atoms with Crippen LogP contribution in [-0.4, -0.2) is 15.9 Å². The molecular formula is C14H16N4O. The standard InChI is InChI=1S/C14H16N4O/c1-10(14-9-15-6-7-16-14)17-12-4-3-5-13(8-12)18-11(2)19/h3-10,17H,1-2H3,(H,18,19). The minimum atomic E-state index is -0.0841.